The zero-order chi connectivity index (χ0) is 15.6. The van der Waals surface area contributed by atoms with E-state index in [2.05, 4.69) is 5.32 Å². The number of anilines is 1. The zero-order valence-electron chi connectivity index (χ0n) is 11.6. The first-order valence-corrected chi connectivity index (χ1v) is 7.08. The molecule has 0 amide bonds. The van der Waals surface area contributed by atoms with Crippen LogP contribution in [0.25, 0.3) is 0 Å². The molecule has 0 saturated heterocycles. The van der Waals surface area contributed by atoms with Crippen LogP contribution in [0.1, 0.15) is 16.7 Å². The molecule has 2 aromatic rings. The van der Waals surface area contributed by atoms with Crippen LogP contribution in [0.15, 0.2) is 30.3 Å². The molecule has 0 aliphatic rings. The van der Waals surface area contributed by atoms with Gasteiger partial charge in [0.05, 0.1) is 4.92 Å². The Morgan fingerprint density at radius 2 is 1.76 bits per heavy atom. The van der Waals surface area contributed by atoms with Gasteiger partial charge in [-0.2, -0.15) is 0 Å². The lowest BCUT2D eigenvalue weighted by Gasteiger charge is -2.13. The van der Waals surface area contributed by atoms with Crippen LogP contribution in [0, 0.1) is 24.0 Å². The number of nitrogens with zero attached hydrogens (tertiary/aromatic N) is 1. The Hall–Kier alpha value is -1.78. The Labute approximate surface area is 132 Å². The number of benzene rings is 2. The van der Waals surface area contributed by atoms with Crippen LogP contribution in [-0.4, -0.2) is 4.92 Å². The van der Waals surface area contributed by atoms with Gasteiger partial charge in [0.2, 0.25) is 0 Å². The lowest BCUT2D eigenvalue weighted by Crippen LogP contribution is -2.04. The lowest BCUT2D eigenvalue weighted by atomic mass is 10.1. The molecule has 0 aliphatic heterocycles. The SMILES string of the molecule is Cc1cc([N+](=O)[O-])c(C)cc1NCc1c(Cl)cccc1Cl. The van der Waals surface area contributed by atoms with Crippen molar-refractivity contribution in [3.8, 4) is 0 Å². The number of nitrogens with one attached hydrogen (secondary N) is 1. The smallest absolute Gasteiger partial charge is 0.272 e. The van der Waals surface area contributed by atoms with Gasteiger partial charge in [-0.1, -0.05) is 29.3 Å². The first-order chi connectivity index (χ1) is 9.90. The van der Waals surface area contributed by atoms with Gasteiger partial charge in [0.15, 0.2) is 0 Å². The summed E-state index contributed by atoms with van der Waals surface area (Å²) in [5.41, 5.74) is 3.16. The van der Waals surface area contributed by atoms with E-state index in [9.17, 15) is 10.1 Å². The van der Waals surface area contributed by atoms with Crippen LogP contribution in [0.2, 0.25) is 10.0 Å². The Morgan fingerprint density at radius 3 is 2.33 bits per heavy atom. The van der Waals surface area contributed by atoms with Crippen LogP contribution in [-0.2, 0) is 6.54 Å². The Kier molecular flexibility index (Phi) is 4.70. The van der Waals surface area contributed by atoms with Gasteiger partial charge < -0.3 is 5.32 Å². The van der Waals surface area contributed by atoms with Gasteiger partial charge in [-0.15, -0.1) is 0 Å². The van der Waals surface area contributed by atoms with E-state index >= 15 is 0 Å². The molecule has 110 valence electrons. The first kappa shape index (κ1) is 15.6. The summed E-state index contributed by atoms with van der Waals surface area (Å²) < 4.78 is 0. The number of rotatable bonds is 4. The maximum atomic E-state index is 10.9. The van der Waals surface area contributed by atoms with Crippen molar-refractivity contribution in [3.05, 3.63) is 67.2 Å². The monoisotopic (exact) mass is 324 g/mol. The molecule has 0 saturated carbocycles. The van der Waals surface area contributed by atoms with E-state index in [0.29, 0.717) is 22.2 Å². The molecule has 1 N–H and O–H groups in total. The molecule has 0 aromatic heterocycles. The molecule has 2 aromatic carbocycles. The molecule has 0 atom stereocenters. The summed E-state index contributed by atoms with van der Waals surface area (Å²) in [5, 5.41) is 15.3. The highest BCUT2D eigenvalue weighted by atomic mass is 35.5. The fraction of sp³-hybridized carbons (Fsp3) is 0.200. The Balaban J connectivity index is 2.25. The topological polar surface area (TPSA) is 55.2 Å². The number of halogens is 2. The molecular weight excluding hydrogens is 311 g/mol. The fourth-order valence-corrected chi connectivity index (χ4v) is 2.60. The van der Waals surface area contributed by atoms with Crippen LogP contribution < -0.4 is 5.32 Å². The van der Waals surface area contributed by atoms with Crippen molar-refractivity contribution < 1.29 is 4.92 Å². The minimum atomic E-state index is -0.378. The molecule has 0 heterocycles. The zero-order valence-corrected chi connectivity index (χ0v) is 13.1. The molecule has 6 heteroatoms. The molecule has 0 spiro atoms. The highest BCUT2D eigenvalue weighted by molar-refractivity contribution is 6.36. The van der Waals surface area contributed by atoms with Crippen molar-refractivity contribution in [2.45, 2.75) is 20.4 Å². The summed E-state index contributed by atoms with van der Waals surface area (Å²) >= 11 is 12.2. The van der Waals surface area contributed by atoms with E-state index in [-0.39, 0.29) is 10.6 Å². The molecular formula is C15H14Cl2N2O2. The summed E-state index contributed by atoms with van der Waals surface area (Å²) in [6, 6.07) is 8.66. The van der Waals surface area contributed by atoms with E-state index in [1.807, 2.05) is 6.92 Å². The molecule has 4 nitrogen and oxygen atoms in total. The van der Waals surface area contributed by atoms with Crippen molar-refractivity contribution in [2.24, 2.45) is 0 Å². The van der Waals surface area contributed by atoms with Gasteiger partial charge in [0, 0.05) is 39.5 Å². The number of hydrogen-bond donors (Lipinski definition) is 1. The van der Waals surface area contributed by atoms with Crippen molar-refractivity contribution in [1.82, 2.24) is 0 Å². The number of hydrogen-bond acceptors (Lipinski definition) is 3. The third-order valence-electron chi connectivity index (χ3n) is 3.26. The van der Waals surface area contributed by atoms with Crippen molar-refractivity contribution in [1.29, 1.82) is 0 Å². The van der Waals surface area contributed by atoms with Gasteiger partial charge >= 0.3 is 0 Å². The average Bonchev–Trinajstić information content (AvgIpc) is 2.41. The minimum Gasteiger partial charge on any atom is -0.381 e. The van der Waals surface area contributed by atoms with Gasteiger partial charge in [0.25, 0.3) is 5.69 Å². The minimum absolute atomic E-state index is 0.119. The largest absolute Gasteiger partial charge is 0.381 e. The molecule has 2 rings (SSSR count). The van der Waals surface area contributed by atoms with E-state index in [1.54, 1.807) is 37.3 Å². The van der Waals surface area contributed by atoms with Crippen LogP contribution in [0.5, 0.6) is 0 Å². The molecule has 0 bridgehead atoms. The number of nitro benzene ring substituents is 1. The predicted molar refractivity (Wildman–Crippen MR) is 86.4 cm³/mol. The van der Waals surface area contributed by atoms with E-state index in [1.165, 1.54) is 0 Å². The quantitative estimate of drug-likeness (QED) is 0.626. The second kappa shape index (κ2) is 6.33. The van der Waals surface area contributed by atoms with Crippen LogP contribution in [0.4, 0.5) is 11.4 Å². The summed E-state index contributed by atoms with van der Waals surface area (Å²) in [5.74, 6) is 0. The third kappa shape index (κ3) is 3.46. The van der Waals surface area contributed by atoms with E-state index < -0.39 is 0 Å². The highest BCUT2D eigenvalue weighted by Crippen LogP contribution is 2.28. The van der Waals surface area contributed by atoms with Gasteiger partial charge in [-0.05, 0) is 37.6 Å². The third-order valence-corrected chi connectivity index (χ3v) is 3.97. The summed E-state index contributed by atoms with van der Waals surface area (Å²) in [6.45, 7) is 3.99. The lowest BCUT2D eigenvalue weighted by molar-refractivity contribution is -0.385. The van der Waals surface area contributed by atoms with E-state index in [4.69, 9.17) is 23.2 Å². The Bertz CT molecular complexity index is 682. The summed E-state index contributed by atoms with van der Waals surface area (Å²) in [4.78, 5) is 10.5. The molecule has 0 unspecified atom stereocenters. The summed E-state index contributed by atoms with van der Waals surface area (Å²) in [6.07, 6.45) is 0. The van der Waals surface area contributed by atoms with Gasteiger partial charge in [-0.3, -0.25) is 10.1 Å². The van der Waals surface area contributed by atoms with Gasteiger partial charge in [-0.25, -0.2) is 0 Å². The summed E-state index contributed by atoms with van der Waals surface area (Å²) in [7, 11) is 0. The van der Waals surface area contributed by atoms with Crippen molar-refractivity contribution in [2.75, 3.05) is 5.32 Å². The molecule has 21 heavy (non-hydrogen) atoms. The van der Waals surface area contributed by atoms with E-state index in [0.717, 1.165) is 16.8 Å². The van der Waals surface area contributed by atoms with Crippen molar-refractivity contribution >= 4 is 34.6 Å². The maximum absolute atomic E-state index is 10.9. The molecule has 0 radical (unpaired) electrons. The highest BCUT2D eigenvalue weighted by Gasteiger charge is 2.13. The van der Waals surface area contributed by atoms with Gasteiger partial charge in [0.1, 0.15) is 0 Å². The standard InChI is InChI=1S/C15H14Cl2N2O2/c1-9-7-15(19(20)21)10(2)6-14(9)18-8-11-12(16)4-3-5-13(11)17/h3-7,18H,8H2,1-2H3. The Morgan fingerprint density at radius 1 is 1.14 bits per heavy atom. The first-order valence-electron chi connectivity index (χ1n) is 6.32. The predicted octanol–water partition coefficient (Wildman–Crippen LogP) is 5.13. The molecule has 0 fully saturated rings. The van der Waals surface area contributed by atoms with Crippen LogP contribution in [0.3, 0.4) is 0 Å². The fourth-order valence-electron chi connectivity index (χ4n) is 2.07. The number of nitro groups is 1. The normalized spacial score (nSPS) is 10.5. The average molecular weight is 325 g/mol. The van der Waals surface area contributed by atoms with Crippen molar-refractivity contribution in [3.63, 3.8) is 0 Å². The van der Waals surface area contributed by atoms with Crippen LogP contribution >= 0.6 is 23.2 Å². The molecule has 0 aliphatic carbocycles. The second-order valence-corrected chi connectivity index (χ2v) is 5.58. The second-order valence-electron chi connectivity index (χ2n) is 4.76. The maximum Gasteiger partial charge on any atom is 0.272 e. The number of aryl methyl sites for hydroxylation is 2.